The van der Waals surface area contributed by atoms with E-state index < -0.39 is 0 Å². The lowest BCUT2D eigenvalue weighted by Crippen LogP contribution is -2.12. The molecule has 0 saturated carbocycles. The number of hydrogen-bond acceptors (Lipinski definition) is 3. The second-order valence-electron chi connectivity index (χ2n) is 4.58. The minimum absolute atomic E-state index is 0.232. The lowest BCUT2D eigenvalue weighted by atomic mass is 10.1. The molecule has 0 radical (unpaired) electrons. The minimum Gasteiger partial charge on any atom is -0.484 e. The third-order valence-corrected chi connectivity index (χ3v) is 2.89. The average molecular weight is 233 g/mol. The molecule has 3 heteroatoms. The maximum atomic E-state index is 5.88. The Morgan fingerprint density at radius 2 is 1.94 bits per heavy atom. The van der Waals surface area contributed by atoms with Crippen LogP contribution in [0.1, 0.15) is 38.3 Å². The van der Waals surface area contributed by atoms with Gasteiger partial charge < -0.3 is 9.47 Å². The number of pyridine rings is 1. The summed E-state index contributed by atoms with van der Waals surface area (Å²) in [5, 5.41) is 0. The van der Waals surface area contributed by atoms with Crippen molar-refractivity contribution in [1.29, 1.82) is 0 Å². The predicted molar refractivity (Wildman–Crippen MR) is 67.7 cm³/mol. The minimum atomic E-state index is 0.232. The monoisotopic (exact) mass is 233 g/mol. The van der Waals surface area contributed by atoms with Gasteiger partial charge in [-0.05, 0) is 18.1 Å². The zero-order chi connectivity index (χ0) is 12.3. The number of rotatable bonds is 4. The Balaban J connectivity index is 2.15. The average Bonchev–Trinajstić information content (AvgIpc) is 2.82. The molecule has 0 saturated heterocycles. The highest BCUT2D eigenvalue weighted by molar-refractivity contribution is 5.36. The van der Waals surface area contributed by atoms with E-state index in [1.165, 1.54) is 0 Å². The van der Waals surface area contributed by atoms with Gasteiger partial charge in [0.1, 0.15) is 6.10 Å². The van der Waals surface area contributed by atoms with E-state index in [1.807, 2.05) is 12.1 Å². The van der Waals surface area contributed by atoms with Crippen molar-refractivity contribution < 1.29 is 9.47 Å². The number of methoxy groups -OCH3 is 1. The fourth-order valence-corrected chi connectivity index (χ4v) is 1.87. The lowest BCUT2D eigenvalue weighted by Gasteiger charge is -2.16. The van der Waals surface area contributed by atoms with Crippen LogP contribution in [-0.2, 0) is 0 Å². The summed E-state index contributed by atoms with van der Waals surface area (Å²) in [4.78, 5) is 4.47. The van der Waals surface area contributed by atoms with E-state index >= 15 is 0 Å². The highest BCUT2D eigenvalue weighted by Crippen LogP contribution is 2.29. The Bertz CT molecular complexity index is 405. The molecular weight excluding hydrogens is 214 g/mol. The summed E-state index contributed by atoms with van der Waals surface area (Å²) in [6.07, 6.45) is 6.46. The maximum absolute atomic E-state index is 5.88. The summed E-state index contributed by atoms with van der Waals surface area (Å²) in [5.41, 5.74) is 1.03. The van der Waals surface area contributed by atoms with Crippen molar-refractivity contribution in [2.24, 2.45) is 0 Å². The highest BCUT2D eigenvalue weighted by Gasteiger charge is 2.16. The summed E-state index contributed by atoms with van der Waals surface area (Å²) >= 11 is 0. The summed E-state index contributed by atoms with van der Waals surface area (Å²) < 4.78 is 11.2. The van der Waals surface area contributed by atoms with E-state index in [9.17, 15) is 0 Å². The lowest BCUT2D eigenvalue weighted by molar-refractivity contribution is 0.204. The Morgan fingerprint density at radius 3 is 2.53 bits per heavy atom. The van der Waals surface area contributed by atoms with E-state index in [0.29, 0.717) is 11.8 Å². The van der Waals surface area contributed by atoms with E-state index in [-0.39, 0.29) is 6.10 Å². The third-order valence-electron chi connectivity index (χ3n) is 2.89. The summed E-state index contributed by atoms with van der Waals surface area (Å²) in [6, 6.07) is 3.96. The Labute approximate surface area is 102 Å². The van der Waals surface area contributed by atoms with Crippen molar-refractivity contribution in [2.75, 3.05) is 7.11 Å². The van der Waals surface area contributed by atoms with E-state index in [2.05, 4.69) is 31.0 Å². The van der Waals surface area contributed by atoms with Gasteiger partial charge in [-0.25, -0.2) is 4.98 Å². The molecule has 1 aliphatic carbocycles. The van der Waals surface area contributed by atoms with Crippen molar-refractivity contribution in [3.05, 3.63) is 30.0 Å². The van der Waals surface area contributed by atoms with Gasteiger partial charge in [-0.3, -0.25) is 0 Å². The van der Waals surface area contributed by atoms with Crippen LogP contribution in [0.3, 0.4) is 0 Å². The van der Waals surface area contributed by atoms with Crippen molar-refractivity contribution in [2.45, 2.75) is 38.7 Å². The molecule has 0 aliphatic heterocycles. The second-order valence-corrected chi connectivity index (χ2v) is 4.58. The molecule has 0 bridgehead atoms. The number of aromatic nitrogens is 1. The first-order valence-electron chi connectivity index (χ1n) is 6.07. The van der Waals surface area contributed by atoms with Gasteiger partial charge in [0.15, 0.2) is 5.75 Å². The first kappa shape index (κ1) is 12.0. The van der Waals surface area contributed by atoms with E-state index in [1.54, 1.807) is 7.11 Å². The largest absolute Gasteiger partial charge is 0.484 e. The van der Waals surface area contributed by atoms with Crippen LogP contribution in [0.2, 0.25) is 0 Å². The Morgan fingerprint density at radius 1 is 1.24 bits per heavy atom. The summed E-state index contributed by atoms with van der Waals surface area (Å²) in [7, 11) is 1.63. The topological polar surface area (TPSA) is 31.4 Å². The van der Waals surface area contributed by atoms with Crippen molar-refractivity contribution in [3.63, 3.8) is 0 Å². The molecule has 0 atom stereocenters. The van der Waals surface area contributed by atoms with Crippen LogP contribution in [0.25, 0.3) is 0 Å². The molecule has 0 N–H and O–H groups in total. The molecule has 0 fully saturated rings. The fourth-order valence-electron chi connectivity index (χ4n) is 1.87. The molecule has 92 valence electrons. The van der Waals surface area contributed by atoms with Gasteiger partial charge >= 0.3 is 0 Å². The number of hydrogen-bond donors (Lipinski definition) is 0. The third kappa shape index (κ3) is 2.78. The fraction of sp³-hybridized carbons (Fsp3) is 0.500. The zero-order valence-electron chi connectivity index (χ0n) is 10.6. The molecule has 3 nitrogen and oxygen atoms in total. The molecule has 1 aromatic rings. The van der Waals surface area contributed by atoms with Crippen LogP contribution in [-0.4, -0.2) is 18.2 Å². The van der Waals surface area contributed by atoms with Crippen LogP contribution in [0.4, 0.5) is 0 Å². The molecule has 2 rings (SSSR count). The van der Waals surface area contributed by atoms with Gasteiger partial charge in [0.05, 0.1) is 7.11 Å². The maximum Gasteiger partial charge on any atom is 0.256 e. The Kier molecular flexibility index (Phi) is 3.67. The van der Waals surface area contributed by atoms with Gasteiger partial charge in [-0.2, -0.15) is 0 Å². The van der Waals surface area contributed by atoms with Gasteiger partial charge in [0.2, 0.25) is 0 Å². The molecule has 1 aromatic heterocycles. The van der Waals surface area contributed by atoms with Crippen LogP contribution in [0.5, 0.6) is 11.6 Å². The van der Waals surface area contributed by atoms with Gasteiger partial charge in [-0.15, -0.1) is 0 Å². The molecule has 0 spiro atoms. The quantitative estimate of drug-likeness (QED) is 0.748. The molecule has 17 heavy (non-hydrogen) atoms. The van der Waals surface area contributed by atoms with Crippen LogP contribution in [0.15, 0.2) is 24.3 Å². The highest BCUT2D eigenvalue weighted by atomic mass is 16.5. The van der Waals surface area contributed by atoms with Crippen molar-refractivity contribution in [1.82, 2.24) is 4.98 Å². The summed E-state index contributed by atoms with van der Waals surface area (Å²) in [6.45, 7) is 4.23. The van der Waals surface area contributed by atoms with E-state index in [0.717, 1.165) is 24.3 Å². The standard InChI is InChI=1S/C14H19NO2/c1-10(2)12-8-9-13(14(15-12)16-3)17-11-6-4-5-7-11/h4-5,8-11H,6-7H2,1-3H3. The number of nitrogens with zero attached hydrogens (tertiary/aromatic N) is 1. The van der Waals surface area contributed by atoms with Gasteiger partial charge in [-0.1, -0.05) is 26.0 Å². The van der Waals surface area contributed by atoms with Gasteiger partial charge in [0, 0.05) is 18.5 Å². The molecule has 0 amide bonds. The SMILES string of the molecule is COc1nc(C(C)C)ccc1OC1CC=CC1. The zero-order valence-corrected chi connectivity index (χ0v) is 10.6. The summed E-state index contributed by atoms with van der Waals surface area (Å²) in [5.74, 6) is 1.72. The molecule has 1 heterocycles. The Hall–Kier alpha value is -1.51. The van der Waals surface area contributed by atoms with Crippen LogP contribution >= 0.6 is 0 Å². The molecular formula is C14H19NO2. The molecule has 0 unspecified atom stereocenters. The van der Waals surface area contributed by atoms with Crippen LogP contribution < -0.4 is 9.47 Å². The first-order chi connectivity index (χ1) is 8.20. The van der Waals surface area contributed by atoms with Crippen LogP contribution in [0, 0.1) is 0 Å². The number of ether oxygens (including phenoxy) is 2. The normalized spacial score (nSPS) is 15.5. The van der Waals surface area contributed by atoms with Crippen molar-refractivity contribution >= 4 is 0 Å². The second kappa shape index (κ2) is 5.21. The van der Waals surface area contributed by atoms with Gasteiger partial charge in [0.25, 0.3) is 5.88 Å². The predicted octanol–water partition coefficient (Wildman–Crippen LogP) is 3.31. The van der Waals surface area contributed by atoms with Crippen molar-refractivity contribution in [3.8, 4) is 11.6 Å². The first-order valence-corrected chi connectivity index (χ1v) is 6.07. The smallest absolute Gasteiger partial charge is 0.256 e. The van der Waals surface area contributed by atoms with E-state index in [4.69, 9.17) is 9.47 Å². The molecule has 0 aromatic carbocycles. The molecule has 1 aliphatic rings.